The molecule has 0 spiro atoms. The monoisotopic (exact) mass is 1440 g/mol. The SMILES string of the molecule is CCCCCCCCCCCCC(=O)OC[C@H](COP(=O)(O)OC[C@H](O)COP(=O)(O)OC[C@@H](COC(=O)CCCCCCCCCCCCCCCCC(C)C)OC(=O)CCCCCCCCCCCCCCCCC(C)C)OC(=O)CCCCCCCCCCCCCC(C)C. The number of aliphatic hydroxyl groups is 1. The fraction of sp³-hybridized carbons (Fsp3) is 0.949. The van der Waals surface area contributed by atoms with E-state index in [4.69, 9.17) is 37.0 Å². The summed E-state index contributed by atoms with van der Waals surface area (Å²) in [6.45, 7) is 12.0. The molecule has 0 fully saturated rings. The van der Waals surface area contributed by atoms with Gasteiger partial charge < -0.3 is 33.8 Å². The van der Waals surface area contributed by atoms with Crippen molar-refractivity contribution in [3.05, 3.63) is 0 Å². The van der Waals surface area contributed by atoms with Gasteiger partial charge in [-0.2, -0.15) is 0 Å². The first kappa shape index (κ1) is 96.1. The third kappa shape index (κ3) is 72.4. The molecule has 0 aliphatic rings. The molecular weight excluding hydrogens is 1280 g/mol. The molecule has 98 heavy (non-hydrogen) atoms. The minimum Gasteiger partial charge on any atom is -0.462 e. The van der Waals surface area contributed by atoms with Crippen LogP contribution in [0.25, 0.3) is 0 Å². The van der Waals surface area contributed by atoms with Gasteiger partial charge in [-0.25, -0.2) is 9.13 Å². The Morgan fingerprint density at radius 3 is 0.694 bits per heavy atom. The summed E-state index contributed by atoms with van der Waals surface area (Å²) in [6, 6.07) is 0. The fourth-order valence-corrected chi connectivity index (χ4v) is 13.7. The van der Waals surface area contributed by atoms with Gasteiger partial charge in [0.25, 0.3) is 0 Å². The summed E-state index contributed by atoms with van der Waals surface area (Å²) < 4.78 is 68.6. The molecule has 0 bridgehead atoms. The Morgan fingerprint density at radius 2 is 0.469 bits per heavy atom. The highest BCUT2D eigenvalue weighted by Crippen LogP contribution is 2.45. The summed E-state index contributed by atoms with van der Waals surface area (Å²) >= 11 is 0. The zero-order valence-electron chi connectivity index (χ0n) is 64.3. The maximum absolute atomic E-state index is 13.1. The maximum atomic E-state index is 13.1. The summed E-state index contributed by atoms with van der Waals surface area (Å²) in [5.74, 6) is 0.247. The van der Waals surface area contributed by atoms with E-state index in [2.05, 4.69) is 48.5 Å². The van der Waals surface area contributed by atoms with Crippen molar-refractivity contribution < 1.29 is 80.2 Å². The maximum Gasteiger partial charge on any atom is 0.472 e. The van der Waals surface area contributed by atoms with Crippen molar-refractivity contribution in [1.29, 1.82) is 0 Å². The van der Waals surface area contributed by atoms with E-state index in [1.807, 2.05) is 0 Å². The van der Waals surface area contributed by atoms with Crippen LogP contribution in [0.1, 0.15) is 408 Å². The van der Waals surface area contributed by atoms with Gasteiger partial charge in [0.15, 0.2) is 12.2 Å². The Kier molecular flexibility index (Phi) is 68.1. The van der Waals surface area contributed by atoms with Crippen molar-refractivity contribution in [1.82, 2.24) is 0 Å². The second kappa shape index (κ2) is 69.4. The summed E-state index contributed by atoms with van der Waals surface area (Å²) in [4.78, 5) is 72.9. The minimum absolute atomic E-state index is 0.106. The van der Waals surface area contributed by atoms with Crippen LogP contribution in [0.15, 0.2) is 0 Å². The second-order valence-corrected chi connectivity index (χ2v) is 32.8. The zero-order valence-corrected chi connectivity index (χ0v) is 66.0. The summed E-state index contributed by atoms with van der Waals surface area (Å²) in [5.41, 5.74) is 0. The molecule has 0 amide bonds. The summed E-state index contributed by atoms with van der Waals surface area (Å²) in [5, 5.41) is 10.6. The molecule has 5 atom stereocenters. The Labute approximate surface area is 600 Å². The summed E-state index contributed by atoms with van der Waals surface area (Å²) in [6.07, 6.45) is 56.8. The van der Waals surface area contributed by atoms with Crippen molar-refractivity contribution in [2.75, 3.05) is 39.6 Å². The molecular formula is C79H154O17P2. The predicted molar refractivity (Wildman–Crippen MR) is 400 cm³/mol. The number of carbonyl (C=O) groups excluding carboxylic acids is 4. The lowest BCUT2D eigenvalue weighted by Crippen LogP contribution is -2.30. The van der Waals surface area contributed by atoms with E-state index in [0.717, 1.165) is 108 Å². The highest BCUT2D eigenvalue weighted by Gasteiger charge is 2.30. The third-order valence-electron chi connectivity index (χ3n) is 18.4. The Balaban J connectivity index is 5.25. The topological polar surface area (TPSA) is 237 Å². The molecule has 0 saturated heterocycles. The number of rotatable bonds is 77. The first-order chi connectivity index (χ1) is 47.2. The molecule has 17 nitrogen and oxygen atoms in total. The molecule has 0 heterocycles. The van der Waals surface area contributed by atoms with Crippen molar-refractivity contribution in [2.24, 2.45) is 17.8 Å². The first-order valence-corrected chi connectivity index (χ1v) is 43.8. The standard InChI is InChI=1S/C79H154O17P2/c1-8-9-10-11-12-13-32-39-46-53-60-76(81)89-66-74(96-79(84)63-56-49-42-35-28-22-25-31-38-45-52-59-72(6)7)68-93-97(85,86)91-64-73(80)65-92-98(87,88)94-69-75(95-78(83)62-55-48-41-34-27-21-17-15-19-24-30-37-44-51-58-71(4)5)67-90-77(82)61-54-47-40-33-26-20-16-14-18-23-29-36-43-50-57-70(2)3/h70-75,80H,8-69H2,1-7H3,(H,85,86)(H,87,88)/t73-,74+,75+/m0/s1. The van der Waals surface area contributed by atoms with Gasteiger partial charge >= 0.3 is 39.5 Å². The molecule has 582 valence electrons. The van der Waals surface area contributed by atoms with E-state index in [1.165, 1.54) is 218 Å². The van der Waals surface area contributed by atoms with Gasteiger partial charge in [-0.1, -0.05) is 357 Å². The molecule has 3 N–H and O–H groups in total. The number of unbranched alkanes of at least 4 members (excludes halogenated alkanes) is 45. The fourth-order valence-electron chi connectivity index (χ4n) is 12.1. The lowest BCUT2D eigenvalue weighted by Gasteiger charge is -2.21. The van der Waals surface area contributed by atoms with Crippen LogP contribution in [0, 0.1) is 17.8 Å². The normalized spacial score (nSPS) is 14.0. The number of carbonyl (C=O) groups is 4. The Hall–Kier alpha value is -1.94. The molecule has 0 aromatic carbocycles. The van der Waals surface area contributed by atoms with Crippen molar-refractivity contribution in [3.63, 3.8) is 0 Å². The van der Waals surface area contributed by atoms with E-state index in [-0.39, 0.29) is 25.7 Å². The minimum atomic E-state index is -4.96. The highest BCUT2D eigenvalue weighted by atomic mass is 31.2. The highest BCUT2D eigenvalue weighted by molar-refractivity contribution is 7.47. The van der Waals surface area contributed by atoms with Gasteiger partial charge in [-0.3, -0.25) is 37.3 Å². The summed E-state index contributed by atoms with van der Waals surface area (Å²) in [7, 11) is -9.92. The van der Waals surface area contributed by atoms with Crippen LogP contribution >= 0.6 is 15.6 Å². The van der Waals surface area contributed by atoms with Gasteiger partial charge in [0.2, 0.25) is 0 Å². The lowest BCUT2D eigenvalue weighted by molar-refractivity contribution is -0.161. The van der Waals surface area contributed by atoms with Gasteiger partial charge in [0, 0.05) is 25.7 Å². The van der Waals surface area contributed by atoms with Gasteiger partial charge in [-0.05, 0) is 43.4 Å². The van der Waals surface area contributed by atoms with Crippen molar-refractivity contribution in [2.45, 2.75) is 426 Å². The van der Waals surface area contributed by atoms with E-state index in [9.17, 15) is 43.2 Å². The molecule has 0 aliphatic heterocycles. The van der Waals surface area contributed by atoms with Crippen molar-refractivity contribution >= 4 is 39.5 Å². The quantitative estimate of drug-likeness (QED) is 0.0222. The number of hydrogen-bond donors (Lipinski definition) is 3. The number of phosphoric acid groups is 2. The van der Waals surface area contributed by atoms with Gasteiger partial charge in [0.05, 0.1) is 26.4 Å². The van der Waals surface area contributed by atoms with E-state index >= 15 is 0 Å². The average molecular weight is 1440 g/mol. The number of phosphoric ester groups is 2. The van der Waals surface area contributed by atoms with Crippen LogP contribution in [0.5, 0.6) is 0 Å². The van der Waals surface area contributed by atoms with Crippen LogP contribution in [-0.2, 0) is 65.4 Å². The average Bonchev–Trinajstić information content (AvgIpc) is 1.10. The van der Waals surface area contributed by atoms with Crippen LogP contribution in [-0.4, -0.2) is 96.7 Å². The van der Waals surface area contributed by atoms with Crippen LogP contribution in [0.3, 0.4) is 0 Å². The number of esters is 4. The molecule has 0 radical (unpaired) electrons. The van der Waals surface area contributed by atoms with E-state index in [0.29, 0.717) is 25.7 Å². The number of hydrogen-bond acceptors (Lipinski definition) is 15. The third-order valence-corrected chi connectivity index (χ3v) is 20.3. The zero-order chi connectivity index (χ0) is 72.3. The van der Waals surface area contributed by atoms with Crippen LogP contribution in [0.2, 0.25) is 0 Å². The van der Waals surface area contributed by atoms with Gasteiger partial charge in [0.1, 0.15) is 19.3 Å². The second-order valence-electron chi connectivity index (χ2n) is 29.9. The van der Waals surface area contributed by atoms with Crippen LogP contribution in [0.4, 0.5) is 0 Å². The molecule has 2 unspecified atom stereocenters. The first-order valence-electron chi connectivity index (χ1n) is 40.8. The predicted octanol–water partition coefficient (Wildman–Crippen LogP) is 23.4. The van der Waals surface area contributed by atoms with Crippen molar-refractivity contribution in [3.8, 4) is 0 Å². The largest absolute Gasteiger partial charge is 0.472 e. The molecule has 0 rings (SSSR count). The number of ether oxygens (including phenoxy) is 4. The molecule has 19 heteroatoms. The molecule has 0 saturated carbocycles. The number of aliphatic hydroxyl groups excluding tert-OH is 1. The van der Waals surface area contributed by atoms with Gasteiger partial charge in [-0.15, -0.1) is 0 Å². The van der Waals surface area contributed by atoms with E-state index in [1.54, 1.807) is 0 Å². The smallest absolute Gasteiger partial charge is 0.462 e. The molecule has 0 aliphatic carbocycles. The van der Waals surface area contributed by atoms with E-state index < -0.39 is 97.5 Å². The Morgan fingerprint density at radius 1 is 0.276 bits per heavy atom. The molecule has 0 aromatic heterocycles. The Bertz CT molecular complexity index is 1900. The molecule has 0 aromatic rings. The van der Waals surface area contributed by atoms with Crippen LogP contribution < -0.4 is 0 Å². The lowest BCUT2D eigenvalue weighted by atomic mass is 10.0.